The topological polar surface area (TPSA) is 54.0 Å². The maximum absolute atomic E-state index is 11.4. The second-order valence-corrected chi connectivity index (χ2v) is 5.27. The smallest absolute Gasteiger partial charge is 0.324 e. The highest BCUT2D eigenvalue weighted by Crippen LogP contribution is 2.42. The van der Waals surface area contributed by atoms with Crippen molar-refractivity contribution < 1.29 is 23.7 Å². The van der Waals surface area contributed by atoms with Gasteiger partial charge in [-0.15, -0.1) is 11.6 Å². The van der Waals surface area contributed by atoms with Crippen molar-refractivity contribution in [2.45, 2.75) is 56.0 Å². The van der Waals surface area contributed by atoms with E-state index in [0.29, 0.717) is 6.42 Å². The summed E-state index contributed by atoms with van der Waals surface area (Å²) >= 11 is 5.81. The van der Waals surface area contributed by atoms with E-state index in [1.54, 1.807) is 13.8 Å². The first-order valence-corrected chi connectivity index (χ1v) is 5.75. The maximum Gasteiger partial charge on any atom is 0.324 e. The van der Waals surface area contributed by atoms with Crippen molar-refractivity contribution in [3.8, 4) is 0 Å². The number of hydrogen-bond acceptors (Lipinski definition) is 5. The molecule has 90 valence electrons. The van der Waals surface area contributed by atoms with E-state index < -0.39 is 29.5 Å². The Labute approximate surface area is 97.9 Å². The molecule has 0 N–H and O–H groups in total. The van der Waals surface area contributed by atoms with Crippen LogP contribution in [0, 0.1) is 0 Å². The highest BCUT2D eigenvalue weighted by molar-refractivity contribution is 6.30. The van der Waals surface area contributed by atoms with Crippen LogP contribution in [0.25, 0.3) is 0 Å². The van der Waals surface area contributed by atoms with Gasteiger partial charge in [0.25, 0.3) is 0 Å². The van der Waals surface area contributed by atoms with Crippen LogP contribution < -0.4 is 0 Å². The highest BCUT2D eigenvalue weighted by atomic mass is 35.5. The molecule has 3 fully saturated rings. The van der Waals surface area contributed by atoms with E-state index in [-0.39, 0.29) is 12.2 Å². The molecule has 5 atom stereocenters. The van der Waals surface area contributed by atoms with Crippen molar-refractivity contribution in [2.24, 2.45) is 0 Å². The first kappa shape index (κ1) is 10.8. The third kappa shape index (κ3) is 1.54. The zero-order valence-electron chi connectivity index (χ0n) is 9.01. The summed E-state index contributed by atoms with van der Waals surface area (Å²) in [6.07, 6.45) is -0.959. The van der Waals surface area contributed by atoms with Gasteiger partial charge in [-0.1, -0.05) is 0 Å². The Morgan fingerprint density at radius 3 is 2.81 bits per heavy atom. The van der Waals surface area contributed by atoms with Crippen LogP contribution in [0.2, 0.25) is 0 Å². The van der Waals surface area contributed by atoms with E-state index in [2.05, 4.69) is 0 Å². The Balaban J connectivity index is 1.79. The average molecular weight is 249 g/mol. The van der Waals surface area contributed by atoms with Gasteiger partial charge in [-0.05, 0) is 13.8 Å². The lowest BCUT2D eigenvalue weighted by Crippen LogP contribution is -2.45. The monoisotopic (exact) mass is 248 g/mol. The van der Waals surface area contributed by atoms with Crippen LogP contribution in [-0.2, 0) is 23.7 Å². The Hall–Kier alpha value is -0.360. The molecular formula is C10H13ClO5. The molecule has 0 spiro atoms. The molecule has 0 amide bonds. The Kier molecular flexibility index (Phi) is 2.24. The van der Waals surface area contributed by atoms with Crippen LogP contribution in [0.3, 0.4) is 0 Å². The van der Waals surface area contributed by atoms with Crippen molar-refractivity contribution in [3.05, 3.63) is 0 Å². The lowest BCUT2D eigenvalue weighted by Gasteiger charge is -2.30. The predicted molar refractivity (Wildman–Crippen MR) is 52.8 cm³/mol. The zero-order chi connectivity index (χ0) is 11.5. The first-order chi connectivity index (χ1) is 7.46. The quantitative estimate of drug-likeness (QED) is 0.469. The van der Waals surface area contributed by atoms with Crippen molar-refractivity contribution in [3.63, 3.8) is 0 Å². The minimum Gasteiger partial charge on any atom is -0.455 e. The van der Waals surface area contributed by atoms with Gasteiger partial charge in [0.2, 0.25) is 0 Å². The Morgan fingerprint density at radius 1 is 1.31 bits per heavy atom. The molecule has 5 nitrogen and oxygen atoms in total. The Bertz CT molecular complexity index is 331. The predicted octanol–water partition coefficient (Wildman–Crippen LogP) is 0.786. The highest BCUT2D eigenvalue weighted by Gasteiger charge is 2.58. The van der Waals surface area contributed by atoms with Gasteiger partial charge in [0.15, 0.2) is 24.3 Å². The van der Waals surface area contributed by atoms with E-state index in [9.17, 15) is 4.79 Å². The molecule has 3 heterocycles. The van der Waals surface area contributed by atoms with Crippen LogP contribution >= 0.6 is 11.6 Å². The molecule has 3 rings (SSSR count). The van der Waals surface area contributed by atoms with Gasteiger partial charge in [-0.25, -0.2) is 0 Å². The maximum atomic E-state index is 11.4. The van der Waals surface area contributed by atoms with Crippen LogP contribution in [0.5, 0.6) is 0 Å². The number of carbonyl (C=O) groups is 1. The fraction of sp³-hybridized carbons (Fsp3) is 0.900. The van der Waals surface area contributed by atoms with Gasteiger partial charge in [0.05, 0.1) is 0 Å². The van der Waals surface area contributed by atoms with Gasteiger partial charge in [0, 0.05) is 6.42 Å². The average Bonchev–Trinajstić information content (AvgIpc) is 2.60. The Morgan fingerprint density at radius 2 is 2.06 bits per heavy atom. The summed E-state index contributed by atoms with van der Waals surface area (Å²) in [5.74, 6) is -1.09. The normalized spacial score (nSPS) is 49.7. The lowest BCUT2D eigenvalue weighted by atomic mass is 10.0. The molecule has 3 aliphatic heterocycles. The third-order valence-corrected chi connectivity index (χ3v) is 3.39. The van der Waals surface area contributed by atoms with Crippen molar-refractivity contribution in [1.29, 1.82) is 0 Å². The van der Waals surface area contributed by atoms with Gasteiger partial charge >= 0.3 is 5.97 Å². The van der Waals surface area contributed by atoms with E-state index >= 15 is 0 Å². The van der Waals surface area contributed by atoms with Gasteiger partial charge < -0.3 is 18.9 Å². The second-order valence-electron chi connectivity index (χ2n) is 4.75. The number of esters is 1. The SMILES string of the molecule is CC1(C)O[C@H]2O[C@@H]3C[C@@H](Cl)C(=O)O[C@@H]3[C@H]2O1. The van der Waals surface area contributed by atoms with Crippen molar-refractivity contribution >= 4 is 17.6 Å². The molecule has 0 aliphatic carbocycles. The molecular weight excluding hydrogens is 236 g/mol. The fourth-order valence-corrected chi connectivity index (χ4v) is 2.61. The molecule has 0 unspecified atom stereocenters. The lowest BCUT2D eigenvalue weighted by molar-refractivity contribution is -0.224. The number of hydrogen-bond donors (Lipinski definition) is 0. The molecule has 3 aliphatic rings. The van der Waals surface area contributed by atoms with E-state index in [1.165, 1.54) is 0 Å². The summed E-state index contributed by atoms with van der Waals surface area (Å²) in [5, 5.41) is -0.631. The van der Waals surface area contributed by atoms with Crippen molar-refractivity contribution in [2.75, 3.05) is 0 Å². The molecule has 0 aromatic carbocycles. The van der Waals surface area contributed by atoms with E-state index in [0.717, 1.165) is 0 Å². The van der Waals surface area contributed by atoms with Crippen LogP contribution in [-0.4, -0.2) is 41.7 Å². The largest absolute Gasteiger partial charge is 0.455 e. The third-order valence-electron chi connectivity index (χ3n) is 3.03. The molecule has 0 aromatic rings. The molecule has 3 saturated heterocycles. The molecule has 0 saturated carbocycles. The second kappa shape index (κ2) is 3.32. The summed E-state index contributed by atoms with van der Waals surface area (Å²) in [6.45, 7) is 3.61. The molecule has 0 bridgehead atoms. The summed E-state index contributed by atoms with van der Waals surface area (Å²) in [7, 11) is 0. The molecule has 16 heavy (non-hydrogen) atoms. The minimum atomic E-state index is -0.690. The van der Waals surface area contributed by atoms with Crippen molar-refractivity contribution in [1.82, 2.24) is 0 Å². The van der Waals surface area contributed by atoms with Gasteiger partial charge in [0.1, 0.15) is 11.5 Å². The number of alkyl halides is 1. The number of carbonyl (C=O) groups excluding carboxylic acids is 1. The standard InChI is InChI=1S/C10H13ClO5/c1-10(2)15-7-6-5(13-9(7)16-10)3-4(11)8(12)14-6/h4-7,9H,3H2,1-2H3/t4-,5-,6+,7-,9-/m1/s1. The molecule has 0 aromatic heterocycles. The molecule has 0 radical (unpaired) electrons. The number of halogens is 1. The number of rotatable bonds is 0. The van der Waals surface area contributed by atoms with Crippen LogP contribution in [0.4, 0.5) is 0 Å². The van der Waals surface area contributed by atoms with Gasteiger partial charge in [-0.2, -0.15) is 0 Å². The number of fused-ring (bicyclic) bond motifs is 3. The van der Waals surface area contributed by atoms with Gasteiger partial charge in [-0.3, -0.25) is 4.79 Å². The zero-order valence-corrected chi connectivity index (χ0v) is 9.77. The summed E-state index contributed by atoms with van der Waals surface area (Å²) < 4.78 is 22.1. The summed E-state index contributed by atoms with van der Waals surface area (Å²) in [5.41, 5.74) is 0. The fourth-order valence-electron chi connectivity index (χ4n) is 2.39. The van der Waals surface area contributed by atoms with Crippen LogP contribution in [0.15, 0.2) is 0 Å². The van der Waals surface area contributed by atoms with E-state index in [4.69, 9.17) is 30.5 Å². The summed E-state index contributed by atoms with van der Waals surface area (Å²) in [6, 6.07) is 0. The minimum absolute atomic E-state index is 0.216. The van der Waals surface area contributed by atoms with E-state index in [1.807, 2.05) is 0 Å². The number of ether oxygens (including phenoxy) is 4. The molecule has 6 heteroatoms. The van der Waals surface area contributed by atoms with Crippen LogP contribution in [0.1, 0.15) is 20.3 Å². The summed E-state index contributed by atoms with van der Waals surface area (Å²) in [4.78, 5) is 11.4. The first-order valence-electron chi connectivity index (χ1n) is 5.32.